The molecule has 6 nitrogen and oxygen atoms in total. The lowest BCUT2D eigenvalue weighted by Crippen LogP contribution is -2.10. The summed E-state index contributed by atoms with van der Waals surface area (Å²) in [5.41, 5.74) is 1.10. The standard InChI is InChI=1S/C14H17ClN4O2/c1-2-9-21-14-18-12(15)17-13(19-14)16-8-7-10-3-5-11(20)6-4-10/h3-6,20H,2,7-9H2,1H3,(H,16,17,18,19). The van der Waals surface area contributed by atoms with E-state index in [1.807, 2.05) is 19.1 Å². The summed E-state index contributed by atoms with van der Waals surface area (Å²) in [7, 11) is 0. The topological polar surface area (TPSA) is 80.2 Å². The Kier molecular flexibility index (Phi) is 5.57. The minimum atomic E-state index is 0.100. The molecule has 2 aromatic rings. The molecule has 0 aliphatic carbocycles. The third-order valence-corrected chi connectivity index (χ3v) is 2.83. The Balaban J connectivity index is 1.90. The Hall–Kier alpha value is -2.08. The van der Waals surface area contributed by atoms with Crippen LogP contribution in [0.3, 0.4) is 0 Å². The van der Waals surface area contributed by atoms with Crippen LogP contribution in [0.5, 0.6) is 11.8 Å². The highest BCUT2D eigenvalue weighted by Gasteiger charge is 2.05. The van der Waals surface area contributed by atoms with Crippen molar-refractivity contribution in [3.63, 3.8) is 0 Å². The van der Waals surface area contributed by atoms with Crippen LogP contribution in [-0.2, 0) is 6.42 Å². The molecule has 1 heterocycles. The molecular formula is C14H17ClN4O2. The summed E-state index contributed by atoms with van der Waals surface area (Å²) < 4.78 is 5.34. The van der Waals surface area contributed by atoms with Gasteiger partial charge in [-0.1, -0.05) is 19.1 Å². The van der Waals surface area contributed by atoms with E-state index < -0.39 is 0 Å². The van der Waals surface area contributed by atoms with Gasteiger partial charge in [-0.2, -0.15) is 15.0 Å². The van der Waals surface area contributed by atoms with Crippen molar-refractivity contribution in [3.05, 3.63) is 35.1 Å². The minimum absolute atomic E-state index is 0.100. The maximum Gasteiger partial charge on any atom is 0.322 e. The van der Waals surface area contributed by atoms with Gasteiger partial charge in [0, 0.05) is 6.54 Å². The van der Waals surface area contributed by atoms with E-state index >= 15 is 0 Å². The van der Waals surface area contributed by atoms with Crippen LogP contribution in [0.1, 0.15) is 18.9 Å². The quantitative estimate of drug-likeness (QED) is 0.818. The number of anilines is 1. The van der Waals surface area contributed by atoms with Crippen molar-refractivity contribution in [2.24, 2.45) is 0 Å². The average Bonchev–Trinajstić information content (AvgIpc) is 2.47. The third-order valence-electron chi connectivity index (χ3n) is 2.66. The number of nitrogens with one attached hydrogen (secondary N) is 1. The molecule has 2 N–H and O–H groups in total. The van der Waals surface area contributed by atoms with Crippen molar-refractivity contribution in [2.45, 2.75) is 19.8 Å². The summed E-state index contributed by atoms with van der Waals surface area (Å²) in [4.78, 5) is 12.0. The summed E-state index contributed by atoms with van der Waals surface area (Å²) in [6, 6.07) is 7.28. The molecule has 1 aromatic heterocycles. The van der Waals surface area contributed by atoms with Crippen molar-refractivity contribution in [2.75, 3.05) is 18.5 Å². The molecule has 0 saturated heterocycles. The van der Waals surface area contributed by atoms with Crippen molar-refractivity contribution in [3.8, 4) is 11.8 Å². The van der Waals surface area contributed by atoms with Gasteiger partial charge in [0.15, 0.2) is 0 Å². The third kappa shape index (κ3) is 5.07. The molecule has 1 aromatic carbocycles. The van der Waals surface area contributed by atoms with Crippen LogP contribution in [0.4, 0.5) is 5.95 Å². The molecule has 0 aliphatic rings. The molecule has 112 valence electrons. The summed E-state index contributed by atoms with van der Waals surface area (Å²) in [6.45, 7) is 3.17. The molecule has 0 fully saturated rings. The lowest BCUT2D eigenvalue weighted by Gasteiger charge is -2.07. The number of rotatable bonds is 7. The number of halogens is 1. The zero-order chi connectivity index (χ0) is 15.1. The van der Waals surface area contributed by atoms with Crippen LogP contribution in [0.25, 0.3) is 0 Å². The fourth-order valence-corrected chi connectivity index (χ4v) is 1.80. The lowest BCUT2D eigenvalue weighted by molar-refractivity contribution is 0.291. The Bertz CT molecular complexity index is 578. The molecule has 0 amide bonds. The maximum atomic E-state index is 9.22. The monoisotopic (exact) mass is 308 g/mol. The van der Waals surface area contributed by atoms with Gasteiger partial charge in [-0.25, -0.2) is 0 Å². The zero-order valence-electron chi connectivity index (χ0n) is 11.7. The number of hydrogen-bond donors (Lipinski definition) is 2. The predicted octanol–water partition coefficient (Wildman–Crippen LogP) is 2.67. The average molecular weight is 309 g/mol. The summed E-state index contributed by atoms with van der Waals surface area (Å²) >= 11 is 5.83. The zero-order valence-corrected chi connectivity index (χ0v) is 12.5. The van der Waals surface area contributed by atoms with E-state index in [-0.39, 0.29) is 17.0 Å². The van der Waals surface area contributed by atoms with E-state index in [2.05, 4.69) is 20.3 Å². The molecule has 0 radical (unpaired) electrons. The molecule has 0 saturated carbocycles. The first-order valence-corrected chi connectivity index (χ1v) is 7.11. The molecule has 0 spiro atoms. The van der Waals surface area contributed by atoms with Gasteiger partial charge in [-0.05, 0) is 42.1 Å². The van der Waals surface area contributed by atoms with Crippen LogP contribution >= 0.6 is 11.6 Å². The van der Waals surface area contributed by atoms with E-state index in [9.17, 15) is 5.11 Å². The molecular weight excluding hydrogens is 292 g/mol. The van der Waals surface area contributed by atoms with Gasteiger partial charge < -0.3 is 15.2 Å². The van der Waals surface area contributed by atoms with Gasteiger partial charge in [0.2, 0.25) is 11.2 Å². The van der Waals surface area contributed by atoms with E-state index in [4.69, 9.17) is 16.3 Å². The molecule has 0 atom stereocenters. The Labute approximate surface area is 128 Å². The Morgan fingerprint density at radius 3 is 2.67 bits per heavy atom. The fraction of sp³-hybridized carbons (Fsp3) is 0.357. The summed E-state index contributed by atoms with van der Waals surface area (Å²) in [6.07, 6.45) is 1.64. The Morgan fingerprint density at radius 2 is 1.95 bits per heavy atom. The number of hydrogen-bond acceptors (Lipinski definition) is 6. The van der Waals surface area contributed by atoms with E-state index in [1.165, 1.54) is 0 Å². The number of aromatic hydroxyl groups is 1. The van der Waals surface area contributed by atoms with Crippen LogP contribution < -0.4 is 10.1 Å². The highest BCUT2D eigenvalue weighted by molar-refractivity contribution is 6.28. The highest BCUT2D eigenvalue weighted by Crippen LogP contribution is 2.13. The van der Waals surface area contributed by atoms with Crippen molar-refractivity contribution >= 4 is 17.5 Å². The van der Waals surface area contributed by atoms with Crippen molar-refractivity contribution < 1.29 is 9.84 Å². The lowest BCUT2D eigenvalue weighted by atomic mass is 10.1. The molecule has 7 heteroatoms. The maximum absolute atomic E-state index is 9.22. The van der Waals surface area contributed by atoms with Gasteiger partial charge in [-0.3, -0.25) is 0 Å². The molecule has 0 bridgehead atoms. The fourth-order valence-electron chi connectivity index (χ4n) is 1.65. The first-order valence-electron chi connectivity index (χ1n) is 6.73. The van der Waals surface area contributed by atoms with Gasteiger partial charge in [0.05, 0.1) is 6.61 Å². The molecule has 0 aliphatic heterocycles. The number of ether oxygens (including phenoxy) is 1. The van der Waals surface area contributed by atoms with Gasteiger partial charge in [0.25, 0.3) is 0 Å². The molecule has 0 unspecified atom stereocenters. The smallest absolute Gasteiger partial charge is 0.322 e. The first-order chi connectivity index (χ1) is 10.2. The van der Waals surface area contributed by atoms with Gasteiger partial charge in [0.1, 0.15) is 5.75 Å². The first kappa shape index (κ1) is 15.3. The number of phenolic OH excluding ortho intramolecular Hbond substituents is 1. The van der Waals surface area contributed by atoms with Gasteiger partial charge in [-0.15, -0.1) is 0 Å². The second-order valence-corrected chi connectivity index (χ2v) is 4.74. The van der Waals surface area contributed by atoms with E-state index in [0.29, 0.717) is 19.1 Å². The predicted molar refractivity (Wildman–Crippen MR) is 80.9 cm³/mol. The van der Waals surface area contributed by atoms with Crippen LogP contribution in [0.15, 0.2) is 24.3 Å². The summed E-state index contributed by atoms with van der Waals surface area (Å²) in [5.74, 6) is 0.647. The number of phenols is 1. The van der Waals surface area contributed by atoms with Crippen LogP contribution in [0.2, 0.25) is 5.28 Å². The number of nitrogens with zero attached hydrogens (tertiary/aromatic N) is 3. The van der Waals surface area contributed by atoms with Crippen molar-refractivity contribution in [1.82, 2.24) is 15.0 Å². The SMILES string of the molecule is CCCOc1nc(Cl)nc(NCCc2ccc(O)cc2)n1. The minimum Gasteiger partial charge on any atom is -0.508 e. The van der Waals surface area contributed by atoms with Crippen molar-refractivity contribution in [1.29, 1.82) is 0 Å². The van der Waals surface area contributed by atoms with E-state index in [0.717, 1.165) is 18.4 Å². The number of aromatic nitrogens is 3. The largest absolute Gasteiger partial charge is 0.508 e. The van der Waals surface area contributed by atoms with E-state index in [1.54, 1.807) is 12.1 Å². The highest BCUT2D eigenvalue weighted by atomic mass is 35.5. The molecule has 2 rings (SSSR count). The summed E-state index contributed by atoms with van der Waals surface area (Å²) in [5, 5.41) is 12.4. The van der Waals surface area contributed by atoms with Crippen LogP contribution in [0, 0.1) is 0 Å². The number of benzene rings is 1. The van der Waals surface area contributed by atoms with Gasteiger partial charge >= 0.3 is 6.01 Å². The Morgan fingerprint density at radius 1 is 1.19 bits per heavy atom. The second-order valence-electron chi connectivity index (χ2n) is 4.40. The second kappa shape index (κ2) is 7.64. The molecule has 21 heavy (non-hydrogen) atoms. The normalized spacial score (nSPS) is 10.4. The van der Waals surface area contributed by atoms with Crippen LogP contribution in [-0.4, -0.2) is 33.2 Å².